The van der Waals surface area contributed by atoms with Crippen LogP contribution in [0.5, 0.6) is 5.75 Å². The molecule has 0 spiro atoms. The zero-order valence-electron chi connectivity index (χ0n) is 20.0. The summed E-state index contributed by atoms with van der Waals surface area (Å²) >= 11 is 0. The van der Waals surface area contributed by atoms with Crippen molar-refractivity contribution >= 4 is 5.91 Å². The molecule has 2 aromatic carbocycles. The number of nitrogens with one attached hydrogen (secondary N) is 1. The molecule has 1 saturated heterocycles. The quantitative estimate of drug-likeness (QED) is 0.509. The molecular formula is C27H31FN4O3. The van der Waals surface area contributed by atoms with E-state index in [9.17, 15) is 9.18 Å². The Bertz CT molecular complexity index is 1160. The van der Waals surface area contributed by atoms with Gasteiger partial charge >= 0.3 is 0 Å². The lowest BCUT2D eigenvalue weighted by atomic mass is 10.0. The van der Waals surface area contributed by atoms with Crippen LogP contribution in [-0.4, -0.2) is 66.6 Å². The topological polar surface area (TPSA) is 68.6 Å². The van der Waals surface area contributed by atoms with Crippen molar-refractivity contribution in [1.29, 1.82) is 0 Å². The maximum Gasteiger partial charge on any atom is 0.223 e. The third-order valence-corrected chi connectivity index (χ3v) is 6.63. The standard InChI is InChI=1S/C27H31FN4O3/c1-2-35-25-9-8-19(16-24(25)28)26-23(18-32(30-26)20-6-4-3-5-7-20)21-17-22(21)27(33)29-10-11-31-12-14-34-15-13-31/h3-9,16,18,21-22H,2,10-15,17H2,1H3,(H,29,33). The van der Waals surface area contributed by atoms with Gasteiger partial charge in [0.1, 0.15) is 0 Å². The van der Waals surface area contributed by atoms with Gasteiger partial charge in [0, 0.05) is 49.4 Å². The summed E-state index contributed by atoms with van der Waals surface area (Å²) in [5, 5.41) is 7.90. The van der Waals surface area contributed by atoms with Crippen LogP contribution >= 0.6 is 0 Å². The van der Waals surface area contributed by atoms with E-state index in [1.54, 1.807) is 6.07 Å². The summed E-state index contributed by atoms with van der Waals surface area (Å²) in [6, 6.07) is 14.7. The number of morpholine rings is 1. The Balaban J connectivity index is 1.34. The number of ether oxygens (including phenoxy) is 2. The highest BCUT2D eigenvalue weighted by Gasteiger charge is 2.46. The Hall–Kier alpha value is -3.23. The number of rotatable bonds is 9. The molecule has 2 aliphatic rings. The van der Waals surface area contributed by atoms with Gasteiger partial charge in [-0.25, -0.2) is 9.07 Å². The second-order valence-corrected chi connectivity index (χ2v) is 8.99. The molecular weight excluding hydrogens is 447 g/mol. The minimum Gasteiger partial charge on any atom is -0.491 e. The van der Waals surface area contributed by atoms with E-state index in [1.807, 2.05) is 54.2 Å². The van der Waals surface area contributed by atoms with Crippen molar-refractivity contribution in [2.45, 2.75) is 19.3 Å². The first-order valence-electron chi connectivity index (χ1n) is 12.3. The Kier molecular flexibility index (Phi) is 7.11. The fourth-order valence-electron chi connectivity index (χ4n) is 4.64. The Morgan fingerprint density at radius 1 is 1.20 bits per heavy atom. The summed E-state index contributed by atoms with van der Waals surface area (Å²) in [6.45, 7) is 6.99. The zero-order chi connectivity index (χ0) is 24.2. The van der Waals surface area contributed by atoms with Gasteiger partial charge in [-0.3, -0.25) is 9.69 Å². The highest BCUT2D eigenvalue weighted by Crippen LogP contribution is 2.50. The fourth-order valence-corrected chi connectivity index (χ4v) is 4.64. The van der Waals surface area contributed by atoms with Gasteiger partial charge in [0.2, 0.25) is 5.91 Å². The molecule has 1 N–H and O–H groups in total. The van der Waals surface area contributed by atoms with E-state index in [2.05, 4.69) is 10.2 Å². The molecule has 5 rings (SSSR count). The van der Waals surface area contributed by atoms with Gasteiger partial charge in [-0.15, -0.1) is 0 Å². The number of carbonyl (C=O) groups excluding carboxylic acids is 1. The van der Waals surface area contributed by atoms with E-state index < -0.39 is 5.82 Å². The third kappa shape index (κ3) is 5.39. The van der Waals surface area contributed by atoms with Crippen LogP contribution in [0.15, 0.2) is 54.7 Å². The van der Waals surface area contributed by atoms with Crippen molar-refractivity contribution < 1.29 is 18.7 Å². The number of hydrogen-bond acceptors (Lipinski definition) is 5. The highest BCUT2D eigenvalue weighted by molar-refractivity contribution is 5.83. The van der Waals surface area contributed by atoms with Crippen LogP contribution in [0.3, 0.4) is 0 Å². The molecule has 3 aromatic rings. The number of para-hydroxylation sites is 1. The Morgan fingerprint density at radius 3 is 2.74 bits per heavy atom. The van der Waals surface area contributed by atoms with E-state index >= 15 is 0 Å². The predicted molar refractivity (Wildman–Crippen MR) is 131 cm³/mol. The number of amides is 1. The molecule has 35 heavy (non-hydrogen) atoms. The molecule has 1 saturated carbocycles. The Labute approximate surface area is 204 Å². The van der Waals surface area contributed by atoms with Crippen LogP contribution in [-0.2, 0) is 9.53 Å². The lowest BCUT2D eigenvalue weighted by molar-refractivity contribution is -0.122. The highest BCUT2D eigenvalue weighted by atomic mass is 19.1. The van der Waals surface area contributed by atoms with Gasteiger partial charge in [-0.1, -0.05) is 18.2 Å². The van der Waals surface area contributed by atoms with Gasteiger partial charge < -0.3 is 14.8 Å². The minimum atomic E-state index is -0.419. The fraction of sp³-hybridized carbons (Fsp3) is 0.407. The van der Waals surface area contributed by atoms with Crippen molar-refractivity contribution in [2.24, 2.45) is 5.92 Å². The van der Waals surface area contributed by atoms with E-state index in [0.29, 0.717) is 24.4 Å². The molecule has 0 radical (unpaired) electrons. The van der Waals surface area contributed by atoms with Gasteiger partial charge in [-0.05, 0) is 49.6 Å². The van der Waals surface area contributed by atoms with Crippen LogP contribution < -0.4 is 10.1 Å². The molecule has 2 atom stereocenters. The van der Waals surface area contributed by atoms with E-state index in [1.165, 1.54) is 6.07 Å². The second-order valence-electron chi connectivity index (χ2n) is 8.99. The lowest BCUT2D eigenvalue weighted by Crippen LogP contribution is -2.41. The number of aromatic nitrogens is 2. The third-order valence-electron chi connectivity index (χ3n) is 6.63. The molecule has 1 aliphatic heterocycles. The molecule has 2 heterocycles. The Morgan fingerprint density at radius 2 is 2.00 bits per heavy atom. The summed E-state index contributed by atoms with van der Waals surface area (Å²) in [7, 11) is 0. The monoisotopic (exact) mass is 478 g/mol. The summed E-state index contributed by atoms with van der Waals surface area (Å²) in [6.07, 6.45) is 2.74. The molecule has 8 heteroatoms. The second kappa shape index (κ2) is 10.6. The first-order valence-corrected chi connectivity index (χ1v) is 12.3. The lowest BCUT2D eigenvalue weighted by Gasteiger charge is -2.26. The first kappa shape index (κ1) is 23.5. The minimum absolute atomic E-state index is 0.0560. The van der Waals surface area contributed by atoms with Crippen LogP contribution in [0, 0.1) is 11.7 Å². The van der Waals surface area contributed by atoms with Crippen LogP contribution in [0.1, 0.15) is 24.8 Å². The predicted octanol–water partition coefficient (Wildman–Crippen LogP) is 3.63. The number of halogens is 1. The van der Waals surface area contributed by atoms with E-state index in [4.69, 9.17) is 14.6 Å². The van der Waals surface area contributed by atoms with Gasteiger partial charge in [0.25, 0.3) is 0 Å². The molecule has 1 aliphatic carbocycles. The SMILES string of the molecule is CCOc1ccc(-c2nn(-c3ccccc3)cc2C2CC2C(=O)NCCN2CCOCC2)cc1F. The van der Waals surface area contributed by atoms with E-state index in [-0.39, 0.29) is 23.5 Å². The molecule has 1 amide bonds. The zero-order valence-corrected chi connectivity index (χ0v) is 20.0. The van der Waals surface area contributed by atoms with Crippen LogP contribution in [0.2, 0.25) is 0 Å². The molecule has 184 valence electrons. The summed E-state index contributed by atoms with van der Waals surface area (Å²) in [5.74, 6) is -0.165. The summed E-state index contributed by atoms with van der Waals surface area (Å²) < 4.78 is 27.2. The molecule has 0 bridgehead atoms. The van der Waals surface area contributed by atoms with Gasteiger partial charge in [-0.2, -0.15) is 5.10 Å². The van der Waals surface area contributed by atoms with E-state index in [0.717, 1.165) is 50.5 Å². The average molecular weight is 479 g/mol. The van der Waals surface area contributed by atoms with Gasteiger partial charge in [0.05, 0.1) is 31.2 Å². The molecule has 2 unspecified atom stereocenters. The van der Waals surface area contributed by atoms with Crippen molar-refractivity contribution in [1.82, 2.24) is 20.0 Å². The van der Waals surface area contributed by atoms with Crippen molar-refractivity contribution in [3.63, 3.8) is 0 Å². The largest absolute Gasteiger partial charge is 0.491 e. The summed E-state index contributed by atoms with van der Waals surface area (Å²) in [4.78, 5) is 15.2. The number of nitrogens with zero attached hydrogens (tertiary/aromatic N) is 3. The number of hydrogen-bond donors (Lipinski definition) is 1. The number of carbonyl (C=O) groups is 1. The van der Waals surface area contributed by atoms with Crippen molar-refractivity contribution in [3.05, 3.63) is 66.1 Å². The molecule has 7 nitrogen and oxygen atoms in total. The van der Waals surface area contributed by atoms with Gasteiger partial charge in [0.15, 0.2) is 11.6 Å². The van der Waals surface area contributed by atoms with Crippen molar-refractivity contribution in [2.75, 3.05) is 46.0 Å². The first-order chi connectivity index (χ1) is 17.1. The maximum absolute atomic E-state index is 14.7. The maximum atomic E-state index is 14.7. The van der Waals surface area contributed by atoms with Crippen LogP contribution in [0.25, 0.3) is 16.9 Å². The molecule has 1 aromatic heterocycles. The van der Waals surface area contributed by atoms with Crippen molar-refractivity contribution in [3.8, 4) is 22.7 Å². The van der Waals surface area contributed by atoms with Crippen LogP contribution in [0.4, 0.5) is 4.39 Å². The number of benzene rings is 2. The smallest absolute Gasteiger partial charge is 0.223 e. The summed E-state index contributed by atoms with van der Waals surface area (Å²) in [5.41, 5.74) is 3.25. The average Bonchev–Trinajstić information content (AvgIpc) is 3.57. The molecule has 2 fully saturated rings. The normalized spacial score (nSPS) is 19.9.